The smallest absolute Gasteiger partial charge is 0.382 e. The molecular formula is C14H18F3NO4S. The van der Waals surface area contributed by atoms with E-state index in [1.54, 1.807) is 11.8 Å². The molecule has 5 nitrogen and oxygen atoms in total. The second-order valence-electron chi connectivity index (χ2n) is 5.35. The van der Waals surface area contributed by atoms with E-state index in [1.165, 1.54) is 25.3 Å². The van der Waals surface area contributed by atoms with E-state index in [2.05, 4.69) is 0 Å². The maximum absolute atomic E-state index is 12.9. The molecule has 0 radical (unpaired) electrons. The lowest BCUT2D eigenvalue weighted by Crippen LogP contribution is -2.48. The van der Waals surface area contributed by atoms with Gasteiger partial charge in [0.25, 0.3) is 9.84 Å². The number of morpholine rings is 1. The van der Waals surface area contributed by atoms with Crippen molar-refractivity contribution in [3.8, 4) is 0 Å². The fraction of sp³-hybridized carbons (Fsp3) is 0.571. The molecular weight excluding hydrogens is 335 g/mol. The van der Waals surface area contributed by atoms with Crippen LogP contribution >= 0.6 is 0 Å². The van der Waals surface area contributed by atoms with Crippen LogP contribution in [-0.4, -0.2) is 52.9 Å². The lowest BCUT2D eigenvalue weighted by atomic mass is 10.2. The maximum Gasteiger partial charge on any atom is 0.501 e. The van der Waals surface area contributed by atoms with Gasteiger partial charge in [-0.1, -0.05) is 12.1 Å². The molecule has 0 spiro atoms. The Morgan fingerprint density at radius 3 is 2.57 bits per heavy atom. The molecule has 1 heterocycles. The van der Waals surface area contributed by atoms with Crippen LogP contribution in [0, 0.1) is 0 Å². The first-order valence-electron chi connectivity index (χ1n) is 6.96. The molecule has 1 aliphatic rings. The minimum atomic E-state index is -5.42. The Balaban J connectivity index is 2.41. The molecule has 1 saturated heterocycles. The Morgan fingerprint density at radius 1 is 1.30 bits per heavy atom. The van der Waals surface area contributed by atoms with Gasteiger partial charge in [0.05, 0.1) is 29.4 Å². The van der Waals surface area contributed by atoms with Crippen LogP contribution in [0.5, 0.6) is 0 Å². The molecule has 1 fully saturated rings. The number of sulfone groups is 1. The second-order valence-corrected chi connectivity index (χ2v) is 7.26. The minimum absolute atomic E-state index is 0.0288. The summed E-state index contributed by atoms with van der Waals surface area (Å²) < 4.78 is 72.9. The SMILES string of the molecule is COCC1CN(c2ccccc2S(=O)(=O)C(F)(F)F)CC(C)O1. The summed E-state index contributed by atoms with van der Waals surface area (Å²) in [6, 6.07) is 5.14. The zero-order valence-electron chi connectivity index (χ0n) is 12.7. The number of halogens is 3. The lowest BCUT2D eigenvalue weighted by Gasteiger charge is -2.38. The normalized spacial score (nSPS) is 23.1. The zero-order chi connectivity index (χ0) is 17.3. The van der Waals surface area contributed by atoms with Crippen molar-refractivity contribution in [3.63, 3.8) is 0 Å². The number of hydrogen-bond acceptors (Lipinski definition) is 5. The molecule has 0 amide bonds. The lowest BCUT2D eigenvalue weighted by molar-refractivity contribution is -0.0513. The highest BCUT2D eigenvalue weighted by molar-refractivity contribution is 7.92. The van der Waals surface area contributed by atoms with Crippen molar-refractivity contribution in [2.45, 2.75) is 29.5 Å². The summed E-state index contributed by atoms with van der Waals surface area (Å²) >= 11 is 0. The number of ether oxygens (including phenoxy) is 2. The van der Waals surface area contributed by atoms with Crippen LogP contribution in [0.3, 0.4) is 0 Å². The summed E-state index contributed by atoms with van der Waals surface area (Å²) in [5.74, 6) is 0. The molecule has 0 aromatic heterocycles. The first-order valence-corrected chi connectivity index (χ1v) is 8.45. The molecule has 130 valence electrons. The van der Waals surface area contributed by atoms with Crippen LogP contribution in [0.1, 0.15) is 6.92 Å². The average Bonchev–Trinajstić information content (AvgIpc) is 2.46. The van der Waals surface area contributed by atoms with Crippen LogP contribution in [0.2, 0.25) is 0 Å². The fourth-order valence-corrected chi connectivity index (χ4v) is 3.57. The third kappa shape index (κ3) is 3.78. The predicted octanol–water partition coefficient (Wildman–Crippen LogP) is 2.22. The highest BCUT2D eigenvalue weighted by Crippen LogP contribution is 2.36. The number of alkyl halides is 3. The largest absolute Gasteiger partial charge is 0.501 e. The van der Waals surface area contributed by atoms with E-state index in [0.29, 0.717) is 6.54 Å². The van der Waals surface area contributed by atoms with Gasteiger partial charge in [0.15, 0.2) is 0 Å². The molecule has 2 unspecified atom stereocenters. The molecule has 2 atom stereocenters. The molecule has 9 heteroatoms. The molecule has 1 aromatic rings. The zero-order valence-corrected chi connectivity index (χ0v) is 13.5. The van der Waals surface area contributed by atoms with Crippen molar-refractivity contribution < 1.29 is 31.1 Å². The van der Waals surface area contributed by atoms with Crippen LogP contribution in [0.25, 0.3) is 0 Å². The Kier molecular flexibility index (Phi) is 5.22. The topological polar surface area (TPSA) is 55.8 Å². The number of para-hydroxylation sites is 1. The predicted molar refractivity (Wildman–Crippen MR) is 78.1 cm³/mol. The molecule has 0 aliphatic carbocycles. The first kappa shape index (κ1) is 18.0. The maximum atomic E-state index is 12.9. The minimum Gasteiger partial charge on any atom is -0.382 e. The third-order valence-corrected chi connectivity index (χ3v) is 5.01. The standard InChI is InChI=1S/C14H18F3NO4S/c1-10-7-18(8-11(22-10)9-21-2)12-5-3-4-6-13(12)23(19,20)14(15,16)17/h3-6,10-11H,7-9H2,1-2H3. The van der Waals surface area contributed by atoms with E-state index in [1.807, 2.05) is 0 Å². The van der Waals surface area contributed by atoms with Gasteiger partial charge in [-0.15, -0.1) is 0 Å². The first-order chi connectivity index (χ1) is 10.7. The molecule has 1 aromatic carbocycles. The monoisotopic (exact) mass is 353 g/mol. The van der Waals surface area contributed by atoms with Crippen LogP contribution in [0.15, 0.2) is 29.2 Å². The van der Waals surface area contributed by atoms with Gasteiger partial charge in [-0.25, -0.2) is 8.42 Å². The van der Waals surface area contributed by atoms with Crippen molar-refractivity contribution in [2.75, 3.05) is 31.7 Å². The van der Waals surface area contributed by atoms with E-state index in [9.17, 15) is 21.6 Å². The van der Waals surface area contributed by atoms with E-state index in [0.717, 1.165) is 6.07 Å². The van der Waals surface area contributed by atoms with Gasteiger partial charge in [-0.2, -0.15) is 13.2 Å². The van der Waals surface area contributed by atoms with Crippen molar-refractivity contribution in [2.24, 2.45) is 0 Å². The third-order valence-electron chi connectivity index (χ3n) is 3.48. The number of hydrogen-bond donors (Lipinski definition) is 0. The Labute approximate surface area is 132 Å². The van der Waals surface area contributed by atoms with Crippen molar-refractivity contribution in [3.05, 3.63) is 24.3 Å². The summed E-state index contributed by atoms with van der Waals surface area (Å²) in [5, 5.41) is 0. The van der Waals surface area contributed by atoms with Gasteiger partial charge in [0.1, 0.15) is 0 Å². The number of benzene rings is 1. The molecule has 0 saturated carbocycles. The van der Waals surface area contributed by atoms with Gasteiger partial charge in [0.2, 0.25) is 0 Å². The van der Waals surface area contributed by atoms with Gasteiger partial charge in [0, 0.05) is 20.2 Å². The van der Waals surface area contributed by atoms with E-state index in [-0.39, 0.29) is 31.0 Å². The highest BCUT2D eigenvalue weighted by atomic mass is 32.2. The summed E-state index contributed by atoms with van der Waals surface area (Å²) in [7, 11) is -3.92. The summed E-state index contributed by atoms with van der Waals surface area (Å²) in [6.07, 6.45) is -0.601. The molecule has 1 aliphatic heterocycles. The molecule has 0 N–H and O–H groups in total. The van der Waals surface area contributed by atoms with E-state index in [4.69, 9.17) is 9.47 Å². The summed E-state index contributed by atoms with van der Waals surface area (Å²) in [5.41, 5.74) is -5.31. The second kappa shape index (κ2) is 6.66. The van der Waals surface area contributed by atoms with Crippen molar-refractivity contribution in [1.29, 1.82) is 0 Å². The summed E-state index contributed by atoms with van der Waals surface area (Å²) in [4.78, 5) is 0.856. The van der Waals surface area contributed by atoms with Crippen LogP contribution in [-0.2, 0) is 19.3 Å². The Bertz CT molecular complexity index is 648. The van der Waals surface area contributed by atoms with Gasteiger partial charge < -0.3 is 14.4 Å². The van der Waals surface area contributed by atoms with Gasteiger partial charge in [-0.05, 0) is 19.1 Å². The molecule has 2 rings (SSSR count). The number of rotatable bonds is 4. The van der Waals surface area contributed by atoms with Crippen LogP contribution < -0.4 is 4.90 Å². The summed E-state index contributed by atoms with van der Waals surface area (Å²) in [6.45, 7) is 2.60. The molecule has 23 heavy (non-hydrogen) atoms. The Morgan fingerprint density at radius 2 is 1.96 bits per heavy atom. The van der Waals surface area contributed by atoms with Crippen molar-refractivity contribution >= 4 is 15.5 Å². The Hall–Kier alpha value is -1.32. The quantitative estimate of drug-likeness (QED) is 0.831. The van der Waals surface area contributed by atoms with Crippen LogP contribution in [0.4, 0.5) is 18.9 Å². The molecule has 0 bridgehead atoms. The van der Waals surface area contributed by atoms with Gasteiger partial charge >= 0.3 is 5.51 Å². The van der Waals surface area contributed by atoms with Gasteiger partial charge in [-0.3, -0.25) is 0 Å². The number of anilines is 1. The highest BCUT2D eigenvalue weighted by Gasteiger charge is 2.48. The number of methoxy groups -OCH3 is 1. The average molecular weight is 353 g/mol. The fourth-order valence-electron chi connectivity index (χ4n) is 2.59. The van der Waals surface area contributed by atoms with E-state index < -0.39 is 20.2 Å². The number of nitrogens with zero attached hydrogens (tertiary/aromatic N) is 1. The van der Waals surface area contributed by atoms with Crippen molar-refractivity contribution in [1.82, 2.24) is 0 Å². The van der Waals surface area contributed by atoms with E-state index >= 15 is 0 Å².